The van der Waals surface area contributed by atoms with Crippen molar-refractivity contribution in [2.75, 3.05) is 17.6 Å². The number of pyridine rings is 1. The summed E-state index contributed by atoms with van der Waals surface area (Å²) in [5, 5.41) is 12.8. The zero-order valence-electron chi connectivity index (χ0n) is 9.69. The van der Waals surface area contributed by atoms with E-state index < -0.39 is 0 Å². The van der Waals surface area contributed by atoms with Crippen molar-refractivity contribution < 1.29 is 5.11 Å². The van der Waals surface area contributed by atoms with Crippen molar-refractivity contribution in [1.82, 2.24) is 4.98 Å². The summed E-state index contributed by atoms with van der Waals surface area (Å²) < 4.78 is 0.897. The van der Waals surface area contributed by atoms with Crippen molar-refractivity contribution in [2.24, 2.45) is 5.92 Å². The minimum absolute atomic E-state index is 0.0935. The van der Waals surface area contributed by atoms with Gasteiger partial charge in [-0.25, -0.2) is 0 Å². The van der Waals surface area contributed by atoms with Gasteiger partial charge in [0.25, 0.3) is 0 Å². The van der Waals surface area contributed by atoms with Crippen LogP contribution in [-0.4, -0.2) is 22.7 Å². The number of anilines is 2. The Bertz CT molecular complexity index is 358. The minimum Gasteiger partial charge on any atom is -0.396 e. The number of aromatic nitrogens is 1. The SMILES string of the molecule is Nc1cncc(Br)c1NCC1CCC(O)CC1. The molecule has 2 rings (SSSR count). The monoisotopic (exact) mass is 299 g/mol. The lowest BCUT2D eigenvalue weighted by Crippen LogP contribution is -2.23. The van der Waals surface area contributed by atoms with Crippen molar-refractivity contribution in [3.05, 3.63) is 16.9 Å². The molecule has 17 heavy (non-hydrogen) atoms. The van der Waals surface area contributed by atoms with Gasteiger partial charge in [0.15, 0.2) is 0 Å². The zero-order chi connectivity index (χ0) is 12.3. The number of nitrogens with one attached hydrogen (secondary N) is 1. The Balaban J connectivity index is 1.89. The molecule has 1 aliphatic rings. The Hall–Kier alpha value is -0.810. The molecule has 0 unspecified atom stereocenters. The van der Waals surface area contributed by atoms with E-state index in [1.807, 2.05) is 0 Å². The summed E-state index contributed by atoms with van der Waals surface area (Å²) in [6, 6.07) is 0. The van der Waals surface area contributed by atoms with Gasteiger partial charge in [-0.05, 0) is 47.5 Å². The molecule has 0 aliphatic heterocycles. The number of halogens is 1. The lowest BCUT2D eigenvalue weighted by Gasteiger charge is -2.26. The molecule has 0 spiro atoms. The van der Waals surface area contributed by atoms with Gasteiger partial charge in [0, 0.05) is 12.7 Å². The lowest BCUT2D eigenvalue weighted by atomic mass is 9.87. The fourth-order valence-electron chi connectivity index (χ4n) is 2.23. The summed E-state index contributed by atoms with van der Waals surface area (Å²) in [7, 11) is 0. The van der Waals surface area contributed by atoms with Crippen LogP contribution in [0.2, 0.25) is 0 Å². The second-order valence-corrected chi connectivity index (χ2v) is 5.50. The second-order valence-electron chi connectivity index (χ2n) is 4.64. The minimum atomic E-state index is -0.0935. The molecule has 1 fully saturated rings. The van der Waals surface area contributed by atoms with Crippen LogP contribution in [0.5, 0.6) is 0 Å². The molecule has 0 atom stereocenters. The highest BCUT2D eigenvalue weighted by Crippen LogP contribution is 2.29. The van der Waals surface area contributed by atoms with Gasteiger partial charge >= 0.3 is 0 Å². The number of rotatable bonds is 3. The smallest absolute Gasteiger partial charge is 0.0750 e. The van der Waals surface area contributed by atoms with E-state index in [0.29, 0.717) is 11.6 Å². The highest BCUT2D eigenvalue weighted by atomic mass is 79.9. The van der Waals surface area contributed by atoms with Crippen molar-refractivity contribution in [3.8, 4) is 0 Å². The maximum absolute atomic E-state index is 9.44. The highest BCUT2D eigenvalue weighted by Gasteiger charge is 2.19. The molecular weight excluding hydrogens is 282 g/mol. The molecule has 0 bridgehead atoms. The maximum atomic E-state index is 9.44. The van der Waals surface area contributed by atoms with Crippen LogP contribution in [0.3, 0.4) is 0 Å². The molecule has 94 valence electrons. The standard InChI is InChI=1S/C12H18BrN3O/c13-10-6-15-7-11(14)12(10)16-5-8-1-3-9(17)4-2-8/h6-9,17H,1-5,14H2,(H,15,16). The highest BCUT2D eigenvalue weighted by molar-refractivity contribution is 9.10. The van der Waals surface area contributed by atoms with Gasteiger partial charge in [0.05, 0.1) is 28.1 Å². The molecule has 4 nitrogen and oxygen atoms in total. The third-order valence-electron chi connectivity index (χ3n) is 3.31. The number of nitrogens with two attached hydrogens (primary N) is 1. The van der Waals surface area contributed by atoms with Gasteiger partial charge in [-0.15, -0.1) is 0 Å². The molecule has 0 amide bonds. The summed E-state index contributed by atoms with van der Waals surface area (Å²) in [6.45, 7) is 0.902. The predicted octanol–water partition coefficient (Wildman–Crippen LogP) is 2.39. The summed E-state index contributed by atoms with van der Waals surface area (Å²) in [5.41, 5.74) is 7.45. The van der Waals surface area contributed by atoms with Gasteiger partial charge in [-0.2, -0.15) is 0 Å². The van der Waals surface area contributed by atoms with Crippen LogP contribution in [0, 0.1) is 5.92 Å². The number of hydrogen-bond donors (Lipinski definition) is 3. The number of aliphatic hydroxyl groups excluding tert-OH is 1. The fraction of sp³-hybridized carbons (Fsp3) is 0.583. The van der Waals surface area contributed by atoms with E-state index in [1.165, 1.54) is 0 Å². The average Bonchev–Trinajstić information content (AvgIpc) is 2.31. The lowest BCUT2D eigenvalue weighted by molar-refractivity contribution is 0.111. The van der Waals surface area contributed by atoms with E-state index in [2.05, 4.69) is 26.2 Å². The Kier molecular flexibility index (Phi) is 4.23. The number of nitrogens with zero attached hydrogens (tertiary/aromatic N) is 1. The summed E-state index contributed by atoms with van der Waals surface area (Å²) in [4.78, 5) is 4.00. The molecular formula is C12H18BrN3O. The van der Waals surface area contributed by atoms with Crippen molar-refractivity contribution in [2.45, 2.75) is 31.8 Å². The van der Waals surface area contributed by atoms with Crippen LogP contribution in [0.25, 0.3) is 0 Å². The Morgan fingerprint density at radius 2 is 2.06 bits per heavy atom. The summed E-state index contributed by atoms with van der Waals surface area (Å²) >= 11 is 3.44. The molecule has 0 saturated heterocycles. The first-order valence-electron chi connectivity index (χ1n) is 5.97. The van der Waals surface area contributed by atoms with Crippen LogP contribution in [0.4, 0.5) is 11.4 Å². The van der Waals surface area contributed by atoms with Gasteiger partial charge in [-0.1, -0.05) is 0 Å². The summed E-state index contributed by atoms with van der Waals surface area (Å²) in [5.74, 6) is 0.623. The van der Waals surface area contributed by atoms with E-state index in [-0.39, 0.29) is 6.10 Å². The third kappa shape index (κ3) is 3.33. The summed E-state index contributed by atoms with van der Waals surface area (Å²) in [6.07, 6.45) is 7.29. The molecule has 5 heteroatoms. The van der Waals surface area contributed by atoms with Gasteiger partial charge < -0.3 is 16.2 Å². The molecule has 4 N–H and O–H groups in total. The van der Waals surface area contributed by atoms with Crippen LogP contribution < -0.4 is 11.1 Å². The largest absolute Gasteiger partial charge is 0.396 e. The van der Waals surface area contributed by atoms with Crippen LogP contribution in [-0.2, 0) is 0 Å². The first kappa shape index (κ1) is 12.6. The molecule has 0 radical (unpaired) electrons. The van der Waals surface area contributed by atoms with Gasteiger partial charge in [0.1, 0.15) is 0 Å². The predicted molar refractivity (Wildman–Crippen MR) is 72.8 cm³/mol. The van der Waals surface area contributed by atoms with Gasteiger partial charge in [0.2, 0.25) is 0 Å². The first-order valence-corrected chi connectivity index (χ1v) is 6.77. The van der Waals surface area contributed by atoms with Crippen LogP contribution >= 0.6 is 15.9 Å². The first-order chi connectivity index (χ1) is 8.16. The van der Waals surface area contributed by atoms with Crippen LogP contribution in [0.1, 0.15) is 25.7 Å². The molecule has 1 aromatic heterocycles. The Labute approximate surface area is 110 Å². The Morgan fingerprint density at radius 3 is 2.71 bits per heavy atom. The van der Waals surface area contributed by atoms with Crippen molar-refractivity contribution >= 4 is 27.3 Å². The topological polar surface area (TPSA) is 71.2 Å². The molecule has 1 aromatic rings. The van der Waals surface area contributed by atoms with Crippen molar-refractivity contribution in [1.29, 1.82) is 0 Å². The quantitative estimate of drug-likeness (QED) is 0.801. The van der Waals surface area contributed by atoms with E-state index in [0.717, 1.165) is 42.4 Å². The number of hydrogen-bond acceptors (Lipinski definition) is 4. The van der Waals surface area contributed by atoms with Gasteiger partial charge in [-0.3, -0.25) is 4.98 Å². The second kappa shape index (κ2) is 5.69. The number of aliphatic hydroxyl groups is 1. The van der Waals surface area contributed by atoms with E-state index in [9.17, 15) is 5.11 Å². The average molecular weight is 300 g/mol. The molecule has 1 heterocycles. The van der Waals surface area contributed by atoms with Crippen molar-refractivity contribution in [3.63, 3.8) is 0 Å². The number of nitrogen functional groups attached to an aromatic ring is 1. The normalized spacial score (nSPS) is 24.6. The molecule has 1 saturated carbocycles. The third-order valence-corrected chi connectivity index (χ3v) is 3.91. The van der Waals surface area contributed by atoms with Crippen LogP contribution in [0.15, 0.2) is 16.9 Å². The van der Waals surface area contributed by atoms with E-state index in [4.69, 9.17) is 5.73 Å². The Morgan fingerprint density at radius 1 is 1.35 bits per heavy atom. The maximum Gasteiger partial charge on any atom is 0.0750 e. The zero-order valence-corrected chi connectivity index (χ0v) is 11.3. The molecule has 1 aliphatic carbocycles. The van der Waals surface area contributed by atoms with E-state index >= 15 is 0 Å². The fourth-order valence-corrected chi connectivity index (χ4v) is 2.72. The van der Waals surface area contributed by atoms with E-state index in [1.54, 1.807) is 12.4 Å². The molecule has 0 aromatic carbocycles.